The number of methoxy groups -OCH3 is 1. The van der Waals surface area contributed by atoms with Crippen molar-refractivity contribution in [2.24, 2.45) is 17.6 Å². The summed E-state index contributed by atoms with van der Waals surface area (Å²) in [5.41, 5.74) is 6.33. The molecule has 1 aliphatic heterocycles. The molecule has 140 valence electrons. The summed E-state index contributed by atoms with van der Waals surface area (Å²) in [5, 5.41) is 0. The van der Waals surface area contributed by atoms with Crippen LogP contribution in [0.15, 0.2) is 24.3 Å². The highest BCUT2D eigenvalue weighted by atomic mass is 16.5. The number of amides is 2. The van der Waals surface area contributed by atoms with Gasteiger partial charge in [-0.1, -0.05) is 12.1 Å². The number of benzene rings is 1. The Hall–Kier alpha value is -2.57. The van der Waals surface area contributed by atoms with Crippen molar-refractivity contribution in [3.63, 3.8) is 0 Å². The highest BCUT2D eigenvalue weighted by molar-refractivity contribution is 5.91. The fraction of sp³-hybridized carbons (Fsp3) is 0.526. The van der Waals surface area contributed by atoms with Crippen molar-refractivity contribution >= 4 is 17.8 Å². The molecule has 1 heterocycles. The molecule has 7 heteroatoms. The van der Waals surface area contributed by atoms with Gasteiger partial charge in [0.15, 0.2) is 0 Å². The molecule has 0 spiro atoms. The summed E-state index contributed by atoms with van der Waals surface area (Å²) < 4.78 is 10.4. The van der Waals surface area contributed by atoms with Crippen molar-refractivity contribution < 1.29 is 23.9 Å². The highest BCUT2D eigenvalue weighted by Crippen LogP contribution is 2.45. The molecule has 3 unspecified atom stereocenters. The van der Waals surface area contributed by atoms with Gasteiger partial charge in [0.2, 0.25) is 11.8 Å². The Morgan fingerprint density at radius 2 is 1.85 bits per heavy atom. The fourth-order valence-corrected chi connectivity index (χ4v) is 3.62. The van der Waals surface area contributed by atoms with Gasteiger partial charge >= 0.3 is 5.97 Å². The molecule has 1 aliphatic carbocycles. The van der Waals surface area contributed by atoms with Gasteiger partial charge in [-0.05, 0) is 43.9 Å². The van der Waals surface area contributed by atoms with Crippen LogP contribution in [0.25, 0.3) is 0 Å². The van der Waals surface area contributed by atoms with Gasteiger partial charge in [-0.15, -0.1) is 0 Å². The maximum Gasteiger partial charge on any atom is 0.311 e. The van der Waals surface area contributed by atoms with Crippen LogP contribution in [0.5, 0.6) is 5.75 Å². The van der Waals surface area contributed by atoms with Gasteiger partial charge in [0.25, 0.3) is 0 Å². The monoisotopic (exact) mass is 360 g/mol. The maximum atomic E-state index is 12.9. The zero-order valence-corrected chi connectivity index (χ0v) is 15.0. The molecule has 0 radical (unpaired) electrons. The zero-order valence-electron chi connectivity index (χ0n) is 15.0. The Morgan fingerprint density at radius 1 is 1.19 bits per heavy atom. The van der Waals surface area contributed by atoms with Crippen molar-refractivity contribution in [3.05, 3.63) is 29.8 Å². The molecule has 2 aliphatic rings. The quantitative estimate of drug-likeness (QED) is 0.774. The average molecular weight is 360 g/mol. The van der Waals surface area contributed by atoms with Crippen molar-refractivity contribution in [1.29, 1.82) is 0 Å². The SMILES string of the molecule is CCOC(=O)C1CC(C(N)=O)N(C(=O)C2CC2)C1c1ccc(OC)cc1. The largest absolute Gasteiger partial charge is 0.497 e. The molecule has 7 nitrogen and oxygen atoms in total. The molecule has 1 saturated carbocycles. The topological polar surface area (TPSA) is 98.9 Å². The van der Waals surface area contributed by atoms with Crippen LogP contribution in [-0.2, 0) is 19.1 Å². The number of nitrogens with zero attached hydrogens (tertiary/aromatic N) is 1. The number of hydrogen-bond donors (Lipinski definition) is 1. The Morgan fingerprint density at radius 3 is 2.35 bits per heavy atom. The molecule has 2 amide bonds. The van der Waals surface area contributed by atoms with E-state index in [1.807, 2.05) is 12.1 Å². The van der Waals surface area contributed by atoms with E-state index in [9.17, 15) is 14.4 Å². The van der Waals surface area contributed by atoms with Gasteiger partial charge < -0.3 is 20.1 Å². The van der Waals surface area contributed by atoms with Gasteiger partial charge in [-0.2, -0.15) is 0 Å². The van der Waals surface area contributed by atoms with E-state index >= 15 is 0 Å². The van der Waals surface area contributed by atoms with Gasteiger partial charge in [-0.25, -0.2) is 0 Å². The van der Waals surface area contributed by atoms with E-state index in [4.69, 9.17) is 15.2 Å². The summed E-state index contributed by atoms with van der Waals surface area (Å²) in [6, 6.07) is 5.80. The number of hydrogen-bond acceptors (Lipinski definition) is 5. The minimum atomic E-state index is -0.801. The van der Waals surface area contributed by atoms with E-state index in [1.54, 1.807) is 26.2 Å². The van der Waals surface area contributed by atoms with E-state index in [-0.39, 0.29) is 24.9 Å². The third-order valence-corrected chi connectivity index (χ3v) is 5.05. The highest BCUT2D eigenvalue weighted by Gasteiger charge is 2.52. The summed E-state index contributed by atoms with van der Waals surface area (Å²) in [6.45, 7) is 1.97. The lowest BCUT2D eigenvalue weighted by Crippen LogP contribution is -2.45. The third kappa shape index (κ3) is 3.38. The number of likely N-dealkylation sites (tertiary alicyclic amines) is 1. The lowest BCUT2D eigenvalue weighted by atomic mass is 9.93. The number of esters is 1. The first-order chi connectivity index (χ1) is 12.5. The molecule has 2 N–H and O–H groups in total. The predicted octanol–water partition coefficient (Wildman–Crippen LogP) is 1.41. The smallest absolute Gasteiger partial charge is 0.311 e. The molecule has 26 heavy (non-hydrogen) atoms. The number of rotatable bonds is 6. The number of primary amides is 1. The molecule has 1 aromatic rings. The van der Waals surface area contributed by atoms with Crippen molar-refractivity contribution in [3.8, 4) is 5.75 Å². The van der Waals surface area contributed by atoms with Crippen molar-refractivity contribution in [2.45, 2.75) is 38.3 Å². The molecule has 2 fully saturated rings. The van der Waals surface area contributed by atoms with E-state index in [0.717, 1.165) is 18.4 Å². The van der Waals surface area contributed by atoms with Crippen LogP contribution in [0.4, 0.5) is 0 Å². The first-order valence-electron chi connectivity index (χ1n) is 8.90. The predicted molar refractivity (Wildman–Crippen MR) is 93.0 cm³/mol. The van der Waals surface area contributed by atoms with Gasteiger partial charge in [0.05, 0.1) is 25.7 Å². The van der Waals surface area contributed by atoms with Crippen molar-refractivity contribution in [1.82, 2.24) is 4.90 Å². The Bertz CT molecular complexity index is 698. The average Bonchev–Trinajstić information content (AvgIpc) is 3.40. The number of carbonyl (C=O) groups excluding carboxylic acids is 3. The molecule has 0 bridgehead atoms. The van der Waals surface area contributed by atoms with Crippen LogP contribution < -0.4 is 10.5 Å². The summed E-state index contributed by atoms with van der Waals surface area (Å²) in [6.07, 6.45) is 1.80. The second kappa shape index (κ2) is 7.35. The Kier molecular flexibility index (Phi) is 5.15. The van der Waals surface area contributed by atoms with Crippen LogP contribution in [0.1, 0.15) is 37.8 Å². The van der Waals surface area contributed by atoms with E-state index < -0.39 is 29.9 Å². The second-order valence-electron chi connectivity index (χ2n) is 6.75. The molecular weight excluding hydrogens is 336 g/mol. The number of carbonyl (C=O) groups is 3. The van der Waals surface area contributed by atoms with Crippen LogP contribution in [0.2, 0.25) is 0 Å². The van der Waals surface area contributed by atoms with Crippen molar-refractivity contribution in [2.75, 3.05) is 13.7 Å². The van der Waals surface area contributed by atoms with Crippen LogP contribution in [-0.4, -0.2) is 42.4 Å². The Labute approximate surface area is 152 Å². The summed E-state index contributed by atoms with van der Waals surface area (Å²) in [5.74, 6) is -1.15. The zero-order chi connectivity index (χ0) is 18.8. The summed E-state index contributed by atoms with van der Waals surface area (Å²) in [4.78, 5) is 39.0. The molecule has 3 rings (SSSR count). The van der Waals surface area contributed by atoms with Gasteiger partial charge in [0.1, 0.15) is 11.8 Å². The van der Waals surface area contributed by atoms with Crippen LogP contribution in [0, 0.1) is 11.8 Å². The minimum absolute atomic E-state index is 0.0847. The minimum Gasteiger partial charge on any atom is -0.497 e. The summed E-state index contributed by atoms with van der Waals surface area (Å²) >= 11 is 0. The lowest BCUT2D eigenvalue weighted by Gasteiger charge is -2.30. The third-order valence-electron chi connectivity index (χ3n) is 5.05. The fourth-order valence-electron chi connectivity index (χ4n) is 3.62. The molecule has 3 atom stereocenters. The summed E-state index contributed by atoms with van der Waals surface area (Å²) in [7, 11) is 1.57. The molecule has 1 saturated heterocycles. The van der Waals surface area contributed by atoms with Crippen LogP contribution >= 0.6 is 0 Å². The Balaban J connectivity index is 2.01. The van der Waals surface area contributed by atoms with Gasteiger partial charge in [0, 0.05) is 5.92 Å². The second-order valence-corrected chi connectivity index (χ2v) is 6.75. The maximum absolute atomic E-state index is 12.9. The first-order valence-corrected chi connectivity index (χ1v) is 8.90. The standard InChI is InChI=1S/C19H24N2O5/c1-3-26-19(24)14-10-15(17(20)22)21(18(23)12-4-5-12)16(14)11-6-8-13(25-2)9-7-11/h6-9,12,14-16H,3-5,10H2,1-2H3,(H2,20,22). The molecule has 1 aromatic carbocycles. The van der Waals surface area contributed by atoms with Crippen LogP contribution in [0.3, 0.4) is 0 Å². The normalized spacial score (nSPS) is 25.0. The first kappa shape index (κ1) is 18.2. The number of ether oxygens (including phenoxy) is 2. The molecule has 0 aromatic heterocycles. The van der Waals surface area contributed by atoms with E-state index in [0.29, 0.717) is 5.75 Å². The number of nitrogens with two attached hydrogens (primary N) is 1. The molecular formula is C19H24N2O5. The van der Waals surface area contributed by atoms with E-state index in [2.05, 4.69) is 0 Å². The van der Waals surface area contributed by atoms with E-state index in [1.165, 1.54) is 4.90 Å². The lowest BCUT2D eigenvalue weighted by molar-refractivity contribution is -0.149. The van der Waals surface area contributed by atoms with Gasteiger partial charge in [-0.3, -0.25) is 14.4 Å².